The van der Waals surface area contributed by atoms with Gasteiger partial charge in [-0.25, -0.2) is 0 Å². The monoisotopic (exact) mass is 576 g/mol. The van der Waals surface area contributed by atoms with Crippen molar-refractivity contribution in [2.45, 2.75) is 0 Å². The minimum Gasteiger partial charge on any atom is -0.497 e. The molecule has 5 aromatic carbocycles. The molecule has 0 saturated carbocycles. The highest BCUT2D eigenvalue weighted by molar-refractivity contribution is 14.1. The molecular weight excluding hydrogens is 551 g/mol. The van der Waals surface area contributed by atoms with Crippen molar-refractivity contribution in [2.24, 2.45) is 0 Å². The summed E-state index contributed by atoms with van der Waals surface area (Å²) < 4.78 is 23.4. The van der Waals surface area contributed by atoms with Gasteiger partial charge in [-0.05, 0) is 109 Å². The summed E-state index contributed by atoms with van der Waals surface area (Å²) in [7, 11) is 6.78. The maximum atomic E-state index is 5.66. The largest absolute Gasteiger partial charge is 0.497 e. The summed E-state index contributed by atoms with van der Waals surface area (Å²) in [6.07, 6.45) is 0. The van der Waals surface area contributed by atoms with E-state index < -0.39 is 0 Å². The van der Waals surface area contributed by atoms with Gasteiger partial charge in [-0.2, -0.15) is 0 Å². The summed E-state index contributed by atoms with van der Waals surface area (Å²) in [5.41, 5.74) is 4.42. The molecule has 0 unspecified atom stereocenters. The van der Waals surface area contributed by atoms with Crippen LogP contribution >= 0.6 is 22.6 Å². The average molecular weight is 576 g/mol. The molecule has 0 fully saturated rings. The number of halogens is 1. The van der Waals surface area contributed by atoms with Crippen molar-refractivity contribution < 1.29 is 18.9 Å². The van der Waals surface area contributed by atoms with Gasteiger partial charge in [-0.3, -0.25) is 0 Å². The van der Waals surface area contributed by atoms with Crippen LogP contribution in [0, 0.1) is 3.57 Å². The van der Waals surface area contributed by atoms with Crippen LogP contribution in [-0.2, 0) is 0 Å². The Hall–Kier alpha value is -3.45. The Morgan fingerprint density at radius 2 is 0.943 bits per heavy atom. The molecule has 0 heterocycles. The molecule has 5 aromatic rings. The average Bonchev–Trinajstić information content (AvgIpc) is 2.92. The first-order chi connectivity index (χ1) is 17.1. The molecule has 0 aliphatic rings. The van der Waals surface area contributed by atoms with E-state index in [2.05, 4.69) is 71.1 Å². The van der Waals surface area contributed by atoms with E-state index in [-0.39, 0.29) is 0 Å². The van der Waals surface area contributed by atoms with Crippen LogP contribution in [0.1, 0.15) is 0 Å². The molecule has 5 heteroatoms. The Labute approximate surface area is 218 Å². The molecule has 35 heavy (non-hydrogen) atoms. The van der Waals surface area contributed by atoms with Crippen LogP contribution < -0.4 is 18.9 Å². The molecule has 0 saturated heterocycles. The topological polar surface area (TPSA) is 36.9 Å². The quantitative estimate of drug-likeness (QED) is 0.152. The maximum absolute atomic E-state index is 5.66. The van der Waals surface area contributed by atoms with E-state index in [9.17, 15) is 0 Å². The van der Waals surface area contributed by atoms with Gasteiger partial charge in [0.15, 0.2) is 0 Å². The third-order valence-corrected chi connectivity index (χ3v) is 7.49. The Balaban J connectivity index is 1.91. The van der Waals surface area contributed by atoms with Crippen LogP contribution in [-0.4, -0.2) is 28.4 Å². The fourth-order valence-corrected chi connectivity index (χ4v) is 5.58. The fraction of sp³-hybridized carbons (Fsp3) is 0.133. The van der Waals surface area contributed by atoms with Crippen molar-refractivity contribution in [3.63, 3.8) is 0 Å². The first kappa shape index (κ1) is 23.3. The van der Waals surface area contributed by atoms with Gasteiger partial charge in [0.2, 0.25) is 0 Å². The molecular formula is C30H25IO4. The molecule has 0 aliphatic heterocycles. The predicted octanol–water partition coefficient (Wildman–Crippen LogP) is 7.97. The van der Waals surface area contributed by atoms with Crippen LogP contribution in [0.4, 0.5) is 0 Å². The molecule has 176 valence electrons. The van der Waals surface area contributed by atoms with Crippen molar-refractivity contribution in [3.8, 4) is 45.3 Å². The molecule has 5 rings (SSSR count). The van der Waals surface area contributed by atoms with Gasteiger partial charge in [0.05, 0.1) is 28.4 Å². The number of fused-ring (bicyclic) bond motifs is 3. The SMILES string of the molecule is COc1ccc(-c2ccc(OC)cc2-c2c(I)c3cc(OC)ccc3c3ccc(OC)cc23)cc1. The summed E-state index contributed by atoms with van der Waals surface area (Å²) in [6.45, 7) is 0. The molecule has 0 aliphatic carbocycles. The van der Waals surface area contributed by atoms with Gasteiger partial charge in [-0.1, -0.05) is 30.3 Å². The van der Waals surface area contributed by atoms with Crippen LogP contribution in [0.2, 0.25) is 0 Å². The number of ether oxygens (including phenoxy) is 4. The van der Waals surface area contributed by atoms with E-state index in [4.69, 9.17) is 18.9 Å². The zero-order chi connectivity index (χ0) is 24.5. The minimum absolute atomic E-state index is 0.801. The van der Waals surface area contributed by atoms with Crippen molar-refractivity contribution in [1.82, 2.24) is 0 Å². The molecule has 0 atom stereocenters. The van der Waals surface area contributed by atoms with Crippen molar-refractivity contribution in [1.29, 1.82) is 0 Å². The fourth-order valence-electron chi connectivity index (χ4n) is 4.55. The highest BCUT2D eigenvalue weighted by atomic mass is 127. The molecule has 0 radical (unpaired) electrons. The first-order valence-electron chi connectivity index (χ1n) is 11.2. The zero-order valence-corrected chi connectivity index (χ0v) is 22.2. The number of methoxy groups -OCH3 is 4. The lowest BCUT2D eigenvalue weighted by molar-refractivity contribution is 0.414. The van der Waals surface area contributed by atoms with Gasteiger partial charge < -0.3 is 18.9 Å². The van der Waals surface area contributed by atoms with E-state index in [1.165, 1.54) is 5.39 Å². The lowest BCUT2D eigenvalue weighted by Crippen LogP contribution is -1.95. The van der Waals surface area contributed by atoms with Crippen LogP contribution in [0.25, 0.3) is 43.8 Å². The predicted molar refractivity (Wildman–Crippen MR) is 151 cm³/mol. The Morgan fingerprint density at radius 1 is 0.457 bits per heavy atom. The zero-order valence-electron chi connectivity index (χ0n) is 20.0. The second kappa shape index (κ2) is 9.66. The van der Waals surface area contributed by atoms with Gasteiger partial charge in [-0.15, -0.1) is 0 Å². The van der Waals surface area contributed by atoms with E-state index in [1.54, 1.807) is 28.4 Å². The Bertz CT molecular complexity index is 1540. The number of rotatable bonds is 6. The highest BCUT2D eigenvalue weighted by Gasteiger charge is 2.19. The molecule has 0 aromatic heterocycles. The summed E-state index contributed by atoms with van der Waals surface area (Å²) >= 11 is 2.46. The highest BCUT2D eigenvalue weighted by Crippen LogP contribution is 2.46. The van der Waals surface area contributed by atoms with Crippen LogP contribution in [0.5, 0.6) is 23.0 Å². The molecule has 0 spiro atoms. The van der Waals surface area contributed by atoms with Crippen molar-refractivity contribution in [3.05, 3.63) is 82.4 Å². The third-order valence-electron chi connectivity index (χ3n) is 6.37. The molecule has 4 nitrogen and oxygen atoms in total. The number of benzene rings is 5. The summed E-state index contributed by atoms with van der Waals surface area (Å²) in [4.78, 5) is 0. The summed E-state index contributed by atoms with van der Waals surface area (Å²) in [6, 6.07) is 26.9. The summed E-state index contributed by atoms with van der Waals surface area (Å²) in [5.74, 6) is 3.27. The first-order valence-corrected chi connectivity index (χ1v) is 12.3. The molecule has 0 bridgehead atoms. The van der Waals surface area contributed by atoms with E-state index in [0.29, 0.717) is 0 Å². The molecule has 0 N–H and O–H groups in total. The summed E-state index contributed by atoms with van der Waals surface area (Å²) in [5, 5.41) is 4.59. The lowest BCUT2D eigenvalue weighted by Gasteiger charge is -2.19. The van der Waals surface area contributed by atoms with E-state index in [1.807, 2.05) is 30.3 Å². The maximum Gasteiger partial charge on any atom is 0.119 e. The second-order valence-electron chi connectivity index (χ2n) is 8.15. The Morgan fingerprint density at radius 3 is 1.54 bits per heavy atom. The third kappa shape index (κ3) is 4.14. The van der Waals surface area contributed by atoms with Crippen LogP contribution in [0.3, 0.4) is 0 Å². The van der Waals surface area contributed by atoms with Gasteiger partial charge in [0.25, 0.3) is 0 Å². The Kier molecular flexibility index (Phi) is 6.43. The number of hydrogen-bond acceptors (Lipinski definition) is 4. The van der Waals surface area contributed by atoms with Gasteiger partial charge in [0, 0.05) is 9.13 Å². The van der Waals surface area contributed by atoms with Gasteiger partial charge >= 0.3 is 0 Å². The lowest BCUT2D eigenvalue weighted by atomic mass is 9.88. The smallest absolute Gasteiger partial charge is 0.119 e. The second-order valence-corrected chi connectivity index (χ2v) is 9.23. The minimum atomic E-state index is 0.801. The standard InChI is InChI=1S/C30H25IO4/c1-32-19-7-5-18(6-8-19)23-12-9-20(33-2)15-26(23)29-27-16-21(34-3)10-13-24(27)25-14-11-22(35-4)17-28(25)30(29)31/h5-17H,1-4H3. The molecule has 0 amide bonds. The number of hydrogen-bond donors (Lipinski definition) is 0. The van der Waals surface area contributed by atoms with E-state index in [0.717, 1.165) is 65.0 Å². The normalized spacial score (nSPS) is 11.0. The van der Waals surface area contributed by atoms with Crippen LogP contribution in [0.15, 0.2) is 78.9 Å². The van der Waals surface area contributed by atoms with Crippen molar-refractivity contribution in [2.75, 3.05) is 28.4 Å². The van der Waals surface area contributed by atoms with E-state index >= 15 is 0 Å². The van der Waals surface area contributed by atoms with Gasteiger partial charge in [0.1, 0.15) is 23.0 Å². The van der Waals surface area contributed by atoms with Crippen molar-refractivity contribution >= 4 is 44.1 Å².